The van der Waals surface area contributed by atoms with Gasteiger partial charge in [0.25, 0.3) is 11.8 Å². The Morgan fingerprint density at radius 2 is 1.81 bits per heavy atom. The van der Waals surface area contributed by atoms with Gasteiger partial charge in [0.1, 0.15) is 11.5 Å². The number of rotatable bonds is 6. The first kappa shape index (κ1) is 24.0. The Bertz CT molecular complexity index is 1380. The van der Waals surface area contributed by atoms with Crippen molar-refractivity contribution in [1.29, 1.82) is 0 Å². The Morgan fingerprint density at radius 1 is 1.06 bits per heavy atom. The summed E-state index contributed by atoms with van der Waals surface area (Å²) in [7, 11) is 0. The summed E-state index contributed by atoms with van der Waals surface area (Å²) in [5, 5.41) is 0.960. The molecule has 2 aliphatic rings. The highest BCUT2D eigenvalue weighted by atomic mass is 32.1. The molecule has 0 spiro atoms. The number of Topliss-reactive ketones (excluding diaryl/α,β-unsaturated/α-hetero) is 1. The summed E-state index contributed by atoms with van der Waals surface area (Å²) in [5.41, 5.74) is 3.24. The van der Waals surface area contributed by atoms with E-state index < -0.39 is 6.10 Å². The van der Waals surface area contributed by atoms with Crippen LogP contribution in [-0.4, -0.2) is 48.4 Å². The highest BCUT2D eigenvalue weighted by Gasteiger charge is 2.35. The molecule has 0 N–H and O–H groups in total. The number of carbonyl (C=O) groups excluding carboxylic acids is 3. The van der Waals surface area contributed by atoms with Crippen LogP contribution in [0.15, 0.2) is 36.4 Å². The summed E-state index contributed by atoms with van der Waals surface area (Å²) >= 11 is 1.61. The van der Waals surface area contributed by atoms with Gasteiger partial charge in [-0.05, 0) is 63.6 Å². The SMILES string of the molecule is CCC1Oc2ccc(-c3nc(C)sc3C)cc2N(CC(=O)c2ccc3c(c2)N(CC)C(=O)CO3)C1=O. The molecule has 1 aromatic heterocycles. The summed E-state index contributed by atoms with van der Waals surface area (Å²) < 4.78 is 11.5. The second-order valence-corrected chi connectivity index (χ2v) is 10.2. The lowest BCUT2D eigenvalue weighted by Crippen LogP contribution is -2.47. The number of hydrogen-bond acceptors (Lipinski definition) is 7. The van der Waals surface area contributed by atoms with Crippen molar-refractivity contribution < 1.29 is 23.9 Å². The molecule has 0 aliphatic carbocycles. The number of carbonyl (C=O) groups is 3. The second-order valence-electron chi connectivity index (χ2n) is 8.79. The monoisotopic (exact) mass is 505 g/mol. The highest BCUT2D eigenvalue weighted by Crippen LogP contribution is 2.40. The van der Waals surface area contributed by atoms with Gasteiger partial charge in [-0.25, -0.2) is 4.98 Å². The summed E-state index contributed by atoms with van der Waals surface area (Å²) in [6.07, 6.45) is -0.177. The Balaban J connectivity index is 1.50. The van der Waals surface area contributed by atoms with E-state index in [1.54, 1.807) is 34.4 Å². The van der Waals surface area contributed by atoms with E-state index in [-0.39, 0.29) is 30.7 Å². The minimum absolute atomic E-state index is 0.0219. The third-order valence-corrected chi connectivity index (χ3v) is 7.34. The minimum atomic E-state index is -0.662. The minimum Gasteiger partial charge on any atom is -0.482 e. The molecule has 0 radical (unpaired) electrons. The maximum atomic E-state index is 13.4. The summed E-state index contributed by atoms with van der Waals surface area (Å²) in [6, 6.07) is 10.7. The summed E-state index contributed by atoms with van der Waals surface area (Å²) in [6.45, 7) is 8.02. The van der Waals surface area contributed by atoms with Gasteiger partial charge in [-0.15, -0.1) is 11.3 Å². The smallest absolute Gasteiger partial charge is 0.268 e. The van der Waals surface area contributed by atoms with Gasteiger partial charge >= 0.3 is 0 Å². The lowest BCUT2D eigenvalue weighted by atomic mass is 10.0. The zero-order chi connectivity index (χ0) is 25.6. The number of fused-ring (bicyclic) bond motifs is 2. The Kier molecular flexibility index (Phi) is 6.26. The third-order valence-electron chi connectivity index (χ3n) is 6.45. The maximum Gasteiger partial charge on any atom is 0.268 e. The standard InChI is InChI=1S/C27H27N3O5S/c1-5-22-27(33)30(20-12-18(8-10-24(20)35-22)26-15(3)36-16(4)28-26)13-21(31)17-7-9-23-19(11-17)29(6-2)25(32)14-34-23/h7-12,22H,5-6,13-14H2,1-4H3. The van der Waals surface area contributed by atoms with E-state index in [9.17, 15) is 14.4 Å². The molecule has 2 aromatic carbocycles. The molecule has 3 heterocycles. The second kappa shape index (κ2) is 9.39. The van der Waals surface area contributed by atoms with Gasteiger partial charge in [0.15, 0.2) is 18.5 Å². The van der Waals surface area contributed by atoms with E-state index in [4.69, 9.17) is 9.47 Å². The number of anilines is 2. The van der Waals surface area contributed by atoms with Crippen LogP contribution in [0.25, 0.3) is 11.3 Å². The molecular formula is C27H27N3O5S. The fourth-order valence-corrected chi connectivity index (χ4v) is 5.49. The van der Waals surface area contributed by atoms with Crippen molar-refractivity contribution >= 4 is 40.3 Å². The highest BCUT2D eigenvalue weighted by molar-refractivity contribution is 7.11. The van der Waals surface area contributed by atoms with Gasteiger partial charge < -0.3 is 14.4 Å². The molecular weight excluding hydrogens is 478 g/mol. The fourth-order valence-electron chi connectivity index (χ4n) is 4.65. The zero-order valence-electron chi connectivity index (χ0n) is 20.7. The predicted octanol–water partition coefficient (Wildman–Crippen LogP) is 4.56. The number of thiazole rings is 1. The van der Waals surface area contributed by atoms with Crippen molar-refractivity contribution in [2.75, 3.05) is 29.5 Å². The van der Waals surface area contributed by atoms with Gasteiger partial charge in [0, 0.05) is 22.5 Å². The van der Waals surface area contributed by atoms with Crippen molar-refractivity contribution in [1.82, 2.24) is 4.98 Å². The topological polar surface area (TPSA) is 89.0 Å². The van der Waals surface area contributed by atoms with Crippen LogP contribution in [0.4, 0.5) is 11.4 Å². The molecule has 2 amide bonds. The summed E-state index contributed by atoms with van der Waals surface area (Å²) in [5.74, 6) is 0.467. The number of ketones is 1. The van der Waals surface area contributed by atoms with E-state index in [0.717, 1.165) is 21.1 Å². The molecule has 3 aromatic rings. The molecule has 1 atom stereocenters. The number of nitrogens with zero attached hydrogens (tertiary/aromatic N) is 3. The fraction of sp³-hybridized carbons (Fsp3) is 0.333. The van der Waals surface area contributed by atoms with Crippen molar-refractivity contribution in [3.8, 4) is 22.8 Å². The molecule has 0 bridgehead atoms. The van der Waals surface area contributed by atoms with E-state index >= 15 is 0 Å². The van der Waals surface area contributed by atoms with Crippen LogP contribution in [0, 0.1) is 13.8 Å². The van der Waals surface area contributed by atoms with Crippen molar-refractivity contribution in [3.63, 3.8) is 0 Å². The Morgan fingerprint density at radius 3 is 2.50 bits per heavy atom. The maximum absolute atomic E-state index is 13.4. The first-order valence-electron chi connectivity index (χ1n) is 12.0. The molecule has 36 heavy (non-hydrogen) atoms. The van der Waals surface area contributed by atoms with E-state index in [1.165, 1.54) is 4.90 Å². The van der Waals surface area contributed by atoms with Crippen LogP contribution in [0.1, 0.15) is 40.5 Å². The van der Waals surface area contributed by atoms with Crippen molar-refractivity contribution in [3.05, 3.63) is 51.8 Å². The van der Waals surface area contributed by atoms with Crippen molar-refractivity contribution in [2.45, 2.75) is 40.2 Å². The number of aromatic nitrogens is 1. The Labute approximate surface area is 213 Å². The number of benzene rings is 2. The van der Waals surface area contributed by atoms with E-state index in [2.05, 4.69) is 4.98 Å². The lowest BCUT2D eigenvalue weighted by molar-refractivity contribution is -0.126. The molecule has 186 valence electrons. The first-order chi connectivity index (χ1) is 17.3. The van der Waals surface area contributed by atoms with Gasteiger partial charge in [0.05, 0.1) is 28.6 Å². The molecule has 0 saturated heterocycles. The number of amides is 2. The zero-order valence-corrected chi connectivity index (χ0v) is 21.5. The van der Waals surface area contributed by atoms with E-state index in [1.807, 2.05) is 45.9 Å². The molecule has 9 heteroatoms. The molecule has 8 nitrogen and oxygen atoms in total. The normalized spacial score (nSPS) is 16.8. The Hall–Kier alpha value is -3.72. The number of aryl methyl sites for hydroxylation is 2. The third kappa shape index (κ3) is 4.13. The molecule has 1 unspecified atom stereocenters. The quantitative estimate of drug-likeness (QED) is 0.457. The number of ether oxygens (including phenoxy) is 2. The molecule has 0 saturated carbocycles. The largest absolute Gasteiger partial charge is 0.482 e. The van der Waals surface area contributed by atoms with Crippen LogP contribution in [0.5, 0.6) is 11.5 Å². The average Bonchev–Trinajstić information content (AvgIpc) is 3.22. The lowest BCUT2D eigenvalue weighted by Gasteiger charge is -2.34. The molecule has 2 aliphatic heterocycles. The molecule has 5 rings (SSSR count). The molecule has 0 fully saturated rings. The van der Waals surface area contributed by atoms with Gasteiger partial charge in [-0.1, -0.05) is 6.92 Å². The predicted molar refractivity (Wildman–Crippen MR) is 138 cm³/mol. The van der Waals surface area contributed by atoms with Gasteiger partial charge in [-0.3, -0.25) is 19.3 Å². The van der Waals surface area contributed by atoms with Crippen LogP contribution < -0.4 is 19.3 Å². The van der Waals surface area contributed by atoms with Crippen molar-refractivity contribution in [2.24, 2.45) is 0 Å². The number of likely N-dealkylation sites (N-methyl/N-ethyl adjacent to an activating group) is 1. The van der Waals surface area contributed by atoms with E-state index in [0.29, 0.717) is 41.4 Å². The number of hydrogen-bond donors (Lipinski definition) is 0. The average molecular weight is 506 g/mol. The van der Waals surface area contributed by atoms with Crippen LogP contribution in [0.3, 0.4) is 0 Å². The van der Waals surface area contributed by atoms with Gasteiger partial charge in [0.2, 0.25) is 0 Å². The first-order valence-corrected chi connectivity index (χ1v) is 12.8. The summed E-state index contributed by atoms with van der Waals surface area (Å²) in [4.78, 5) is 47.9. The van der Waals surface area contributed by atoms with Crippen LogP contribution >= 0.6 is 11.3 Å². The van der Waals surface area contributed by atoms with Crippen LogP contribution in [0.2, 0.25) is 0 Å². The van der Waals surface area contributed by atoms with Crippen LogP contribution in [-0.2, 0) is 9.59 Å². The van der Waals surface area contributed by atoms with Gasteiger partial charge in [-0.2, -0.15) is 0 Å².